The fourth-order valence-electron chi connectivity index (χ4n) is 12.1. The maximum absolute atomic E-state index is 2.52. The molecule has 1 heterocycles. The fraction of sp³-hybridized carbons (Fsp3) is 0.0645. The Labute approximate surface area is 377 Å². The molecular formula is C62H41NS. The van der Waals surface area contributed by atoms with Crippen LogP contribution in [0.15, 0.2) is 212 Å². The van der Waals surface area contributed by atoms with E-state index in [1.807, 2.05) is 11.3 Å². The maximum atomic E-state index is 2.52. The smallest absolute Gasteiger partial charge is 0.0726 e. The van der Waals surface area contributed by atoms with Crippen molar-refractivity contribution >= 4 is 59.3 Å². The molecule has 0 radical (unpaired) electrons. The number of fused-ring (bicyclic) bond motifs is 18. The molecule has 14 rings (SSSR count). The summed E-state index contributed by atoms with van der Waals surface area (Å²) in [5.41, 5.74) is 21.3. The van der Waals surface area contributed by atoms with Crippen LogP contribution in [0.3, 0.4) is 0 Å². The summed E-state index contributed by atoms with van der Waals surface area (Å²) < 4.78 is 2.65. The van der Waals surface area contributed by atoms with Gasteiger partial charge in [-0.25, -0.2) is 0 Å². The third-order valence-electron chi connectivity index (χ3n) is 14.9. The first-order valence-corrected chi connectivity index (χ1v) is 23.2. The van der Waals surface area contributed by atoms with Crippen LogP contribution in [0.2, 0.25) is 0 Å². The van der Waals surface area contributed by atoms with Crippen LogP contribution in [-0.2, 0) is 10.8 Å². The molecule has 0 saturated carbocycles. The van der Waals surface area contributed by atoms with E-state index < -0.39 is 5.41 Å². The van der Waals surface area contributed by atoms with Crippen molar-refractivity contribution < 1.29 is 0 Å². The van der Waals surface area contributed by atoms with Crippen molar-refractivity contribution in [1.29, 1.82) is 0 Å². The number of benzene rings is 10. The molecule has 1 aromatic heterocycles. The van der Waals surface area contributed by atoms with Crippen LogP contribution in [-0.4, -0.2) is 0 Å². The van der Waals surface area contributed by atoms with Gasteiger partial charge in [-0.1, -0.05) is 178 Å². The van der Waals surface area contributed by atoms with Gasteiger partial charge in [0, 0.05) is 42.6 Å². The lowest BCUT2D eigenvalue weighted by Gasteiger charge is -2.32. The molecule has 3 aliphatic rings. The molecule has 0 amide bonds. The first kappa shape index (κ1) is 36.0. The number of hydrogen-bond donors (Lipinski definition) is 0. The van der Waals surface area contributed by atoms with E-state index in [4.69, 9.17) is 0 Å². The number of hydrogen-bond acceptors (Lipinski definition) is 2. The molecule has 64 heavy (non-hydrogen) atoms. The van der Waals surface area contributed by atoms with Crippen molar-refractivity contribution in [2.75, 3.05) is 4.90 Å². The fourth-order valence-corrected chi connectivity index (χ4v) is 13.3. The molecular weight excluding hydrogens is 791 g/mol. The zero-order valence-electron chi connectivity index (χ0n) is 35.6. The molecule has 0 fully saturated rings. The Hall–Kier alpha value is -7.52. The van der Waals surface area contributed by atoms with Crippen molar-refractivity contribution in [1.82, 2.24) is 0 Å². The van der Waals surface area contributed by atoms with Crippen LogP contribution in [0.5, 0.6) is 0 Å². The molecule has 0 bridgehead atoms. The van der Waals surface area contributed by atoms with E-state index in [-0.39, 0.29) is 5.41 Å². The largest absolute Gasteiger partial charge is 0.310 e. The second-order valence-electron chi connectivity index (χ2n) is 18.3. The molecule has 2 heteroatoms. The Balaban J connectivity index is 1.03. The number of thiophene rings is 1. The highest BCUT2D eigenvalue weighted by atomic mass is 32.1. The minimum Gasteiger partial charge on any atom is -0.310 e. The summed E-state index contributed by atoms with van der Waals surface area (Å²) in [5.74, 6) is 0. The minimum absolute atomic E-state index is 0.145. The average molecular weight is 832 g/mol. The van der Waals surface area contributed by atoms with Crippen LogP contribution in [0, 0.1) is 0 Å². The molecule has 11 aromatic rings. The van der Waals surface area contributed by atoms with Crippen molar-refractivity contribution in [3.8, 4) is 44.5 Å². The highest BCUT2D eigenvalue weighted by Crippen LogP contribution is 2.63. The van der Waals surface area contributed by atoms with E-state index in [1.54, 1.807) is 0 Å². The predicted octanol–water partition coefficient (Wildman–Crippen LogP) is 17.0. The van der Waals surface area contributed by atoms with Gasteiger partial charge >= 0.3 is 0 Å². The standard InChI is InChI=1S/C62H41NS/c1-61(2)51-24-8-3-18-44(51)48-32-30-41(36-55(48)61)63(40-17-13-16-39(35-40)43-23-14-15-38-29-34-58-60(59(38)43)50-22-7-12-28-57(50)64-58)42-31-33-49-47-21-6-11-27-54(47)62(56(49)37-42)52-25-9-4-19-45(52)46-20-5-10-26-53(46)62/h3-37H,1-2H3. The Kier molecular flexibility index (Phi) is 7.32. The number of rotatable bonds is 4. The Morgan fingerprint density at radius 1 is 0.344 bits per heavy atom. The summed E-state index contributed by atoms with van der Waals surface area (Å²) >= 11 is 1.88. The molecule has 0 unspecified atom stereocenters. The lowest BCUT2D eigenvalue weighted by atomic mass is 9.70. The van der Waals surface area contributed by atoms with Crippen LogP contribution < -0.4 is 4.90 Å². The van der Waals surface area contributed by atoms with Crippen LogP contribution in [0.25, 0.3) is 75.5 Å². The van der Waals surface area contributed by atoms with Gasteiger partial charge in [0.15, 0.2) is 0 Å². The zero-order chi connectivity index (χ0) is 42.3. The lowest BCUT2D eigenvalue weighted by molar-refractivity contribution is 0.660. The van der Waals surface area contributed by atoms with Gasteiger partial charge in [0.25, 0.3) is 0 Å². The quantitative estimate of drug-likeness (QED) is 0.171. The van der Waals surface area contributed by atoms with E-state index in [9.17, 15) is 0 Å². The van der Waals surface area contributed by atoms with E-state index in [0.29, 0.717) is 0 Å². The predicted molar refractivity (Wildman–Crippen MR) is 271 cm³/mol. The molecule has 1 spiro atoms. The van der Waals surface area contributed by atoms with Gasteiger partial charge in [-0.05, 0) is 137 Å². The maximum Gasteiger partial charge on any atom is 0.0726 e. The van der Waals surface area contributed by atoms with Gasteiger partial charge in [-0.15, -0.1) is 11.3 Å². The lowest BCUT2D eigenvalue weighted by Crippen LogP contribution is -2.26. The van der Waals surface area contributed by atoms with Gasteiger partial charge < -0.3 is 4.90 Å². The average Bonchev–Trinajstić information content (AvgIpc) is 4.04. The van der Waals surface area contributed by atoms with Crippen LogP contribution >= 0.6 is 11.3 Å². The second-order valence-corrected chi connectivity index (χ2v) is 19.4. The Bertz CT molecular complexity index is 3730. The Morgan fingerprint density at radius 2 is 0.859 bits per heavy atom. The molecule has 0 atom stereocenters. The SMILES string of the molecule is CC1(C)c2ccccc2-c2ccc(N(c3cccc(-c4cccc5ccc6sc7ccccc7c6c45)c3)c3ccc4c(c3)C3(c5ccccc5-c5ccccc53)c3ccccc3-4)cc21. The highest BCUT2D eigenvalue weighted by Gasteiger charge is 2.51. The van der Waals surface area contributed by atoms with Gasteiger partial charge in [0.2, 0.25) is 0 Å². The first-order valence-electron chi connectivity index (χ1n) is 22.4. The summed E-state index contributed by atoms with van der Waals surface area (Å²) in [5, 5.41) is 5.24. The highest BCUT2D eigenvalue weighted by molar-refractivity contribution is 7.26. The second kappa shape index (κ2) is 13.0. The molecule has 3 aliphatic carbocycles. The van der Waals surface area contributed by atoms with Crippen molar-refractivity contribution in [3.63, 3.8) is 0 Å². The van der Waals surface area contributed by atoms with E-state index in [0.717, 1.165) is 17.1 Å². The van der Waals surface area contributed by atoms with Gasteiger partial charge in [0.05, 0.1) is 5.41 Å². The molecule has 0 saturated heterocycles. The first-order chi connectivity index (χ1) is 31.5. The van der Waals surface area contributed by atoms with Gasteiger partial charge in [-0.2, -0.15) is 0 Å². The summed E-state index contributed by atoms with van der Waals surface area (Å²) in [6.45, 7) is 4.76. The number of nitrogens with zero attached hydrogens (tertiary/aromatic N) is 1. The summed E-state index contributed by atoms with van der Waals surface area (Å²) in [6.07, 6.45) is 0. The molecule has 0 aliphatic heterocycles. The normalized spacial score (nSPS) is 14.3. The van der Waals surface area contributed by atoms with Crippen molar-refractivity contribution in [2.45, 2.75) is 24.7 Å². The van der Waals surface area contributed by atoms with Crippen LogP contribution in [0.4, 0.5) is 17.1 Å². The minimum atomic E-state index is -0.443. The molecule has 1 nitrogen and oxygen atoms in total. The topological polar surface area (TPSA) is 3.24 Å². The van der Waals surface area contributed by atoms with Crippen molar-refractivity contribution in [2.24, 2.45) is 0 Å². The van der Waals surface area contributed by atoms with E-state index in [2.05, 4.69) is 231 Å². The zero-order valence-corrected chi connectivity index (χ0v) is 36.4. The molecule has 0 N–H and O–H groups in total. The van der Waals surface area contributed by atoms with E-state index in [1.165, 1.54) is 109 Å². The van der Waals surface area contributed by atoms with Crippen LogP contribution in [0.1, 0.15) is 47.2 Å². The van der Waals surface area contributed by atoms with Gasteiger partial charge in [-0.3, -0.25) is 0 Å². The third-order valence-corrected chi connectivity index (χ3v) is 16.0. The van der Waals surface area contributed by atoms with Crippen molar-refractivity contribution in [3.05, 3.63) is 246 Å². The number of anilines is 3. The monoisotopic (exact) mass is 831 g/mol. The summed E-state index contributed by atoms with van der Waals surface area (Å²) in [6, 6.07) is 80.3. The third kappa shape index (κ3) is 4.68. The Morgan fingerprint density at radius 3 is 1.55 bits per heavy atom. The summed E-state index contributed by atoms with van der Waals surface area (Å²) in [7, 11) is 0. The molecule has 300 valence electrons. The van der Waals surface area contributed by atoms with Gasteiger partial charge in [0.1, 0.15) is 0 Å². The summed E-state index contributed by atoms with van der Waals surface area (Å²) in [4.78, 5) is 2.52. The molecule has 10 aromatic carbocycles. The van der Waals surface area contributed by atoms with E-state index >= 15 is 0 Å².